The van der Waals surface area contributed by atoms with E-state index in [-0.39, 0.29) is 0 Å². The standard InChI is InChI=1S/C15H28N6/c1-3-16-15(18-11-14-19-12-20-21(14)2)17-10-6-9-13-7-4-5-8-13/h12-13H,3-11H2,1-2H3,(H2,16,17,18). The second kappa shape index (κ2) is 8.64. The maximum atomic E-state index is 4.56. The number of nitrogens with zero attached hydrogens (tertiary/aromatic N) is 4. The molecule has 0 amide bonds. The Bertz CT molecular complexity index is 433. The fourth-order valence-electron chi connectivity index (χ4n) is 2.85. The first-order chi connectivity index (χ1) is 10.3. The van der Waals surface area contributed by atoms with Crippen molar-refractivity contribution < 1.29 is 0 Å². The highest BCUT2D eigenvalue weighted by molar-refractivity contribution is 5.79. The smallest absolute Gasteiger partial charge is 0.191 e. The molecule has 2 rings (SSSR count). The molecule has 0 aromatic carbocycles. The quantitative estimate of drug-likeness (QED) is 0.457. The molecule has 21 heavy (non-hydrogen) atoms. The molecule has 1 aromatic rings. The number of aromatic nitrogens is 3. The van der Waals surface area contributed by atoms with Gasteiger partial charge in [0.05, 0.1) is 0 Å². The Kier molecular flexibility index (Phi) is 6.50. The number of aliphatic imine (C=N–C) groups is 1. The molecule has 1 aliphatic carbocycles. The molecular formula is C15H28N6. The molecule has 0 bridgehead atoms. The van der Waals surface area contributed by atoms with Gasteiger partial charge in [-0.2, -0.15) is 5.10 Å². The van der Waals surface area contributed by atoms with Gasteiger partial charge in [-0.25, -0.2) is 9.98 Å². The van der Waals surface area contributed by atoms with Crippen molar-refractivity contribution in [1.29, 1.82) is 0 Å². The molecule has 118 valence electrons. The molecule has 2 N–H and O–H groups in total. The maximum absolute atomic E-state index is 4.56. The Morgan fingerprint density at radius 2 is 2.19 bits per heavy atom. The molecule has 1 aliphatic rings. The predicted molar refractivity (Wildman–Crippen MR) is 85.0 cm³/mol. The van der Waals surface area contributed by atoms with Crippen LogP contribution in [-0.2, 0) is 13.6 Å². The van der Waals surface area contributed by atoms with Gasteiger partial charge < -0.3 is 10.6 Å². The Morgan fingerprint density at radius 3 is 2.86 bits per heavy atom. The second-order valence-corrected chi connectivity index (χ2v) is 5.71. The van der Waals surface area contributed by atoms with E-state index in [4.69, 9.17) is 0 Å². The van der Waals surface area contributed by atoms with Crippen LogP contribution in [0.15, 0.2) is 11.3 Å². The molecular weight excluding hydrogens is 264 g/mol. The SMILES string of the molecule is CCNC(=NCc1ncnn1C)NCCCC1CCCC1. The first kappa shape index (κ1) is 15.8. The summed E-state index contributed by atoms with van der Waals surface area (Å²) in [5.41, 5.74) is 0. The summed E-state index contributed by atoms with van der Waals surface area (Å²) in [6, 6.07) is 0. The zero-order chi connectivity index (χ0) is 14.9. The number of aryl methyl sites for hydroxylation is 1. The highest BCUT2D eigenvalue weighted by atomic mass is 15.3. The highest BCUT2D eigenvalue weighted by Gasteiger charge is 2.13. The van der Waals surface area contributed by atoms with Gasteiger partial charge in [-0.05, 0) is 25.7 Å². The fraction of sp³-hybridized carbons (Fsp3) is 0.800. The number of hydrogen-bond acceptors (Lipinski definition) is 3. The molecule has 1 saturated carbocycles. The largest absolute Gasteiger partial charge is 0.357 e. The molecule has 0 spiro atoms. The lowest BCUT2D eigenvalue weighted by atomic mass is 10.0. The molecule has 1 aromatic heterocycles. The van der Waals surface area contributed by atoms with Crippen LogP contribution in [0.5, 0.6) is 0 Å². The lowest BCUT2D eigenvalue weighted by Crippen LogP contribution is -2.37. The van der Waals surface area contributed by atoms with Crippen LogP contribution in [0.1, 0.15) is 51.3 Å². The summed E-state index contributed by atoms with van der Waals surface area (Å²) in [6.07, 6.45) is 9.85. The van der Waals surface area contributed by atoms with Crippen molar-refractivity contribution in [1.82, 2.24) is 25.4 Å². The molecule has 0 radical (unpaired) electrons. The lowest BCUT2D eigenvalue weighted by Gasteiger charge is -2.12. The lowest BCUT2D eigenvalue weighted by molar-refractivity contribution is 0.481. The minimum Gasteiger partial charge on any atom is -0.357 e. The van der Waals surface area contributed by atoms with Crippen molar-refractivity contribution in [3.8, 4) is 0 Å². The number of nitrogens with one attached hydrogen (secondary N) is 2. The monoisotopic (exact) mass is 292 g/mol. The second-order valence-electron chi connectivity index (χ2n) is 5.71. The van der Waals surface area contributed by atoms with Crippen LogP contribution in [0.2, 0.25) is 0 Å². The maximum Gasteiger partial charge on any atom is 0.191 e. The molecule has 6 nitrogen and oxygen atoms in total. The summed E-state index contributed by atoms with van der Waals surface area (Å²) in [5.74, 6) is 2.70. The van der Waals surface area contributed by atoms with E-state index in [1.54, 1.807) is 11.0 Å². The van der Waals surface area contributed by atoms with Gasteiger partial charge in [0.25, 0.3) is 0 Å². The van der Waals surface area contributed by atoms with Gasteiger partial charge in [0.1, 0.15) is 18.7 Å². The number of rotatable bonds is 7. The highest BCUT2D eigenvalue weighted by Crippen LogP contribution is 2.28. The molecule has 0 atom stereocenters. The first-order valence-electron chi connectivity index (χ1n) is 8.14. The average Bonchev–Trinajstić information content (AvgIpc) is 3.12. The third-order valence-corrected chi connectivity index (χ3v) is 4.08. The van der Waals surface area contributed by atoms with Gasteiger partial charge in [-0.15, -0.1) is 0 Å². The summed E-state index contributed by atoms with van der Waals surface area (Å²) in [5, 5.41) is 10.7. The van der Waals surface area contributed by atoms with Gasteiger partial charge in [-0.1, -0.05) is 25.7 Å². The Labute approximate surface area is 127 Å². The minimum atomic E-state index is 0.550. The van der Waals surface area contributed by atoms with Gasteiger partial charge in [-0.3, -0.25) is 4.68 Å². The van der Waals surface area contributed by atoms with Gasteiger partial charge in [0.15, 0.2) is 5.96 Å². The van der Waals surface area contributed by atoms with Crippen LogP contribution < -0.4 is 10.6 Å². The summed E-state index contributed by atoms with van der Waals surface area (Å²) in [7, 11) is 1.89. The van der Waals surface area contributed by atoms with E-state index >= 15 is 0 Å². The van der Waals surface area contributed by atoms with Crippen molar-refractivity contribution in [3.63, 3.8) is 0 Å². The van der Waals surface area contributed by atoms with Crippen molar-refractivity contribution >= 4 is 5.96 Å². The van der Waals surface area contributed by atoms with Crippen molar-refractivity contribution in [2.75, 3.05) is 13.1 Å². The van der Waals surface area contributed by atoms with Crippen LogP contribution in [0.4, 0.5) is 0 Å². The molecule has 1 heterocycles. The normalized spacial score (nSPS) is 16.4. The van der Waals surface area contributed by atoms with Crippen LogP contribution >= 0.6 is 0 Å². The van der Waals surface area contributed by atoms with E-state index in [9.17, 15) is 0 Å². The molecule has 0 unspecified atom stereocenters. The van der Waals surface area contributed by atoms with Crippen molar-refractivity contribution in [3.05, 3.63) is 12.2 Å². The molecule has 6 heteroatoms. The minimum absolute atomic E-state index is 0.550. The Hall–Kier alpha value is -1.59. The molecule has 0 saturated heterocycles. The zero-order valence-electron chi connectivity index (χ0n) is 13.3. The molecule has 1 fully saturated rings. The molecule has 0 aliphatic heterocycles. The van der Waals surface area contributed by atoms with Crippen LogP contribution in [-0.4, -0.2) is 33.8 Å². The van der Waals surface area contributed by atoms with Crippen LogP contribution in [0, 0.1) is 5.92 Å². The third kappa shape index (κ3) is 5.36. The van der Waals surface area contributed by atoms with E-state index in [1.807, 2.05) is 7.05 Å². The summed E-state index contributed by atoms with van der Waals surface area (Å²) in [4.78, 5) is 8.74. The van der Waals surface area contributed by atoms with E-state index in [1.165, 1.54) is 38.5 Å². The van der Waals surface area contributed by atoms with Gasteiger partial charge in [0, 0.05) is 20.1 Å². The summed E-state index contributed by atoms with van der Waals surface area (Å²) < 4.78 is 1.76. The van der Waals surface area contributed by atoms with Crippen molar-refractivity contribution in [2.45, 2.75) is 52.0 Å². The number of guanidine groups is 1. The average molecular weight is 292 g/mol. The topological polar surface area (TPSA) is 67.1 Å². The van der Waals surface area contributed by atoms with E-state index in [2.05, 4.69) is 32.6 Å². The zero-order valence-corrected chi connectivity index (χ0v) is 13.3. The summed E-state index contributed by atoms with van der Waals surface area (Å²) in [6.45, 7) is 4.49. The predicted octanol–water partition coefficient (Wildman–Crippen LogP) is 1.84. The van der Waals surface area contributed by atoms with E-state index in [0.29, 0.717) is 6.54 Å². The van der Waals surface area contributed by atoms with E-state index in [0.717, 1.165) is 30.8 Å². The van der Waals surface area contributed by atoms with Crippen LogP contribution in [0.25, 0.3) is 0 Å². The van der Waals surface area contributed by atoms with E-state index < -0.39 is 0 Å². The third-order valence-electron chi connectivity index (χ3n) is 4.08. The number of hydrogen-bond donors (Lipinski definition) is 2. The van der Waals surface area contributed by atoms with Crippen molar-refractivity contribution in [2.24, 2.45) is 18.0 Å². The Balaban J connectivity index is 1.71. The Morgan fingerprint density at radius 1 is 1.38 bits per heavy atom. The van der Waals surface area contributed by atoms with Crippen LogP contribution in [0.3, 0.4) is 0 Å². The van der Waals surface area contributed by atoms with Gasteiger partial charge in [0.2, 0.25) is 0 Å². The summed E-state index contributed by atoms with van der Waals surface area (Å²) >= 11 is 0. The van der Waals surface area contributed by atoms with Gasteiger partial charge >= 0.3 is 0 Å². The fourth-order valence-corrected chi connectivity index (χ4v) is 2.85. The first-order valence-corrected chi connectivity index (χ1v) is 8.14.